The van der Waals surface area contributed by atoms with Gasteiger partial charge in [-0.05, 0) is 61.8 Å². The first kappa shape index (κ1) is 27.6. The first-order valence-electron chi connectivity index (χ1n) is 14.1. The van der Waals surface area contributed by atoms with Crippen LogP contribution in [0, 0.1) is 22.7 Å². The SMILES string of the molecule is C[C@@H]1CC[C@@H]2C(C)(C)[C@H](O)CC[C@]2(C)[C@@]12Cc1c(O)cc3c(c1O2)CN([C@H](CCCN=C(N)N)C(=O)O)C3=O. The van der Waals surface area contributed by atoms with Gasteiger partial charge in [0, 0.05) is 29.5 Å². The molecule has 2 heterocycles. The third-order valence-electron chi connectivity index (χ3n) is 10.7. The lowest BCUT2D eigenvalue weighted by Crippen LogP contribution is -2.66. The molecule has 0 bridgehead atoms. The fraction of sp³-hybridized carbons (Fsp3) is 0.690. The van der Waals surface area contributed by atoms with Crippen LogP contribution in [0.3, 0.4) is 0 Å². The summed E-state index contributed by atoms with van der Waals surface area (Å²) in [6.45, 7) is 9.15. The smallest absolute Gasteiger partial charge is 0.326 e. The lowest BCUT2D eigenvalue weighted by Gasteiger charge is -2.64. The van der Waals surface area contributed by atoms with Crippen LogP contribution in [0.5, 0.6) is 11.5 Å². The number of aliphatic imine (C=N–C) groups is 1. The van der Waals surface area contributed by atoms with Crippen molar-refractivity contribution in [3.05, 3.63) is 22.8 Å². The van der Waals surface area contributed by atoms with Gasteiger partial charge < -0.3 is 36.4 Å². The molecule has 2 aliphatic heterocycles. The second-order valence-corrected chi connectivity index (χ2v) is 13.0. The Morgan fingerprint density at radius 2 is 1.95 bits per heavy atom. The topological polar surface area (TPSA) is 172 Å². The number of aliphatic carboxylic acids is 1. The Balaban J connectivity index is 1.49. The van der Waals surface area contributed by atoms with E-state index < -0.39 is 23.5 Å². The van der Waals surface area contributed by atoms with E-state index in [9.17, 15) is 24.9 Å². The van der Waals surface area contributed by atoms with Crippen LogP contribution in [0.1, 0.15) is 87.7 Å². The van der Waals surface area contributed by atoms with Crippen molar-refractivity contribution in [2.45, 2.75) is 96.9 Å². The molecule has 10 heteroatoms. The summed E-state index contributed by atoms with van der Waals surface area (Å²) >= 11 is 0. The van der Waals surface area contributed by atoms with Crippen molar-refractivity contribution >= 4 is 17.8 Å². The number of hydrogen-bond donors (Lipinski definition) is 5. The van der Waals surface area contributed by atoms with Crippen LogP contribution in [0.15, 0.2) is 11.1 Å². The summed E-state index contributed by atoms with van der Waals surface area (Å²) in [5.41, 5.74) is 11.3. The van der Waals surface area contributed by atoms with Gasteiger partial charge in [0.25, 0.3) is 5.91 Å². The summed E-state index contributed by atoms with van der Waals surface area (Å²) in [6.07, 6.45) is 4.17. The first-order chi connectivity index (χ1) is 18.2. The minimum Gasteiger partial charge on any atom is -0.508 e. The van der Waals surface area contributed by atoms with E-state index in [1.807, 2.05) is 0 Å². The number of fused-ring (bicyclic) bond motifs is 5. The molecule has 39 heavy (non-hydrogen) atoms. The summed E-state index contributed by atoms with van der Waals surface area (Å²) in [5.74, 6) is -0.612. The van der Waals surface area contributed by atoms with Crippen molar-refractivity contribution in [1.82, 2.24) is 4.90 Å². The van der Waals surface area contributed by atoms with Gasteiger partial charge in [0.05, 0.1) is 18.2 Å². The highest BCUT2D eigenvalue weighted by Gasteiger charge is 2.67. The minimum absolute atomic E-state index is 0.0171. The second kappa shape index (κ2) is 9.28. The van der Waals surface area contributed by atoms with Gasteiger partial charge in [0.15, 0.2) is 5.96 Å². The maximum Gasteiger partial charge on any atom is 0.326 e. The average molecular weight is 543 g/mol. The molecule has 1 aromatic rings. The predicted molar refractivity (Wildman–Crippen MR) is 145 cm³/mol. The number of phenols is 1. The van der Waals surface area contributed by atoms with Gasteiger partial charge in [-0.2, -0.15) is 0 Å². The Labute approximate surface area is 229 Å². The van der Waals surface area contributed by atoms with Crippen molar-refractivity contribution in [3.8, 4) is 11.5 Å². The van der Waals surface area contributed by atoms with E-state index in [1.165, 1.54) is 11.0 Å². The highest BCUT2D eigenvalue weighted by atomic mass is 16.5. The number of nitrogens with two attached hydrogens (primary N) is 2. The van der Waals surface area contributed by atoms with E-state index in [0.29, 0.717) is 41.7 Å². The zero-order valence-electron chi connectivity index (χ0n) is 23.4. The van der Waals surface area contributed by atoms with Crippen LogP contribution in [0.2, 0.25) is 0 Å². The fourth-order valence-electron chi connectivity index (χ4n) is 8.45. The van der Waals surface area contributed by atoms with Gasteiger partial charge in [-0.1, -0.05) is 27.7 Å². The number of ether oxygens (including phenoxy) is 1. The van der Waals surface area contributed by atoms with Crippen molar-refractivity contribution < 1.29 is 29.6 Å². The Morgan fingerprint density at radius 1 is 1.23 bits per heavy atom. The number of phenolic OH excluding ortho intramolecular Hbond substituents is 1. The van der Waals surface area contributed by atoms with Crippen molar-refractivity contribution in [2.24, 2.45) is 39.1 Å². The zero-order valence-corrected chi connectivity index (χ0v) is 23.4. The largest absolute Gasteiger partial charge is 0.508 e. The van der Waals surface area contributed by atoms with E-state index >= 15 is 0 Å². The number of nitrogens with zero attached hydrogens (tertiary/aromatic N) is 2. The molecule has 2 saturated carbocycles. The van der Waals surface area contributed by atoms with Crippen LogP contribution in [0.25, 0.3) is 0 Å². The molecular formula is C29H42N4O6. The Kier molecular flexibility index (Phi) is 6.56. The monoisotopic (exact) mass is 542 g/mol. The number of rotatable bonds is 6. The number of benzene rings is 1. The fourth-order valence-corrected chi connectivity index (χ4v) is 8.45. The number of aromatic hydroxyl groups is 1. The molecule has 4 aliphatic rings. The van der Waals surface area contributed by atoms with Crippen molar-refractivity contribution in [3.63, 3.8) is 0 Å². The molecule has 1 aromatic carbocycles. The van der Waals surface area contributed by atoms with Gasteiger partial charge in [-0.15, -0.1) is 0 Å². The van der Waals surface area contributed by atoms with Crippen molar-refractivity contribution in [2.75, 3.05) is 6.54 Å². The molecular weight excluding hydrogens is 500 g/mol. The molecule has 0 saturated heterocycles. The van der Waals surface area contributed by atoms with E-state index in [2.05, 4.69) is 32.7 Å². The Hall–Kier alpha value is -3.01. The summed E-state index contributed by atoms with van der Waals surface area (Å²) in [6, 6.07) is 0.433. The van der Waals surface area contributed by atoms with Crippen LogP contribution in [-0.4, -0.2) is 62.3 Å². The van der Waals surface area contributed by atoms with E-state index in [1.54, 1.807) is 0 Å². The van der Waals surface area contributed by atoms with Gasteiger partial charge in [-0.25, -0.2) is 4.79 Å². The molecule has 0 radical (unpaired) electrons. The summed E-state index contributed by atoms with van der Waals surface area (Å²) < 4.78 is 7.02. The summed E-state index contributed by atoms with van der Waals surface area (Å²) in [5, 5.41) is 32.0. The lowest BCUT2D eigenvalue weighted by atomic mass is 9.43. The number of carbonyl (C=O) groups is 2. The van der Waals surface area contributed by atoms with Crippen LogP contribution in [0.4, 0.5) is 0 Å². The Bertz CT molecular complexity index is 1230. The number of amides is 1. The summed E-state index contributed by atoms with van der Waals surface area (Å²) in [7, 11) is 0. The predicted octanol–water partition coefficient (Wildman–Crippen LogP) is 2.76. The highest BCUT2D eigenvalue weighted by Crippen LogP contribution is 2.67. The maximum absolute atomic E-state index is 13.5. The number of guanidine groups is 1. The standard InChI is InChI=1S/C29H42N4O6/c1-15-7-8-21-27(2,3)22(35)9-10-28(21,4)29(15)13-17-20(34)12-16-18(23(17)39-29)14-33(24(16)36)19(25(37)38)6-5-11-32-26(30)31/h12,15,19,21-22,34-35H,5-11,13-14H2,1-4H3,(H,37,38)(H4,30,31,32)/t15-,19-,21-,22-,28+,29-/m1/s1. The second-order valence-electron chi connectivity index (χ2n) is 13.0. The molecule has 5 rings (SSSR count). The van der Waals surface area contributed by atoms with E-state index in [0.717, 1.165) is 19.3 Å². The quantitative estimate of drug-likeness (QED) is 0.207. The lowest BCUT2D eigenvalue weighted by molar-refractivity contribution is -0.210. The molecule has 214 valence electrons. The number of carboxylic acid groups (broad SMARTS) is 1. The van der Waals surface area contributed by atoms with Crippen molar-refractivity contribution in [1.29, 1.82) is 0 Å². The van der Waals surface area contributed by atoms with E-state index in [4.69, 9.17) is 16.2 Å². The Morgan fingerprint density at radius 3 is 2.62 bits per heavy atom. The van der Waals surface area contributed by atoms with Gasteiger partial charge in [0.1, 0.15) is 23.1 Å². The molecule has 10 nitrogen and oxygen atoms in total. The molecule has 0 unspecified atom stereocenters. The minimum atomic E-state index is -1.10. The summed E-state index contributed by atoms with van der Waals surface area (Å²) in [4.78, 5) is 31.0. The van der Waals surface area contributed by atoms with Gasteiger partial charge >= 0.3 is 5.97 Å². The highest BCUT2D eigenvalue weighted by molar-refractivity contribution is 6.02. The third kappa shape index (κ3) is 3.97. The average Bonchev–Trinajstić information content (AvgIpc) is 3.41. The number of aliphatic hydroxyl groups excluding tert-OH is 1. The molecule has 6 atom stereocenters. The first-order valence-corrected chi connectivity index (χ1v) is 14.1. The van der Waals surface area contributed by atoms with Gasteiger partial charge in [-0.3, -0.25) is 9.79 Å². The molecule has 1 amide bonds. The molecule has 1 spiro atoms. The molecule has 0 aromatic heterocycles. The third-order valence-corrected chi connectivity index (χ3v) is 10.7. The molecule has 7 N–H and O–H groups in total. The van der Waals surface area contributed by atoms with Gasteiger partial charge in [0.2, 0.25) is 0 Å². The normalized spacial score (nSPS) is 33.2. The van der Waals surface area contributed by atoms with Crippen LogP contribution in [-0.2, 0) is 17.8 Å². The number of carboxylic acids is 1. The molecule has 2 fully saturated rings. The van der Waals surface area contributed by atoms with Crippen LogP contribution < -0.4 is 16.2 Å². The maximum atomic E-state index is 13.5. The number of carbonyl (C=O) groups excluding carboxylic acids is 1. The zero-order chi connectivity index (χ0) is 28.5. The van der Waals surface area contributed by atoms with Crippen LogP contribution >= 0.6 is 0 Å². The number of hydrogen-bond acceptors (Lipinski definition) is 6. The van der Waals surface area contributed by atoms with E-state index in [-0.39, 0.29) is 60.0 Å². The number of aliphatic hydroxyl groups is 1. The molecule has 2 aliphatic carbocycles.